The Bertz CT molecular complexity index is 55.0. The van der Waals surface area contributed by atoms with E-state index in [0.717, 1.165) is 18.9 Å². The smallest absolute Gasteiger partial charge is 0.156 e. The summed E-state index contributed by atoms with van der Waals surface area (Å²) in [7, 11) is 6.68. The van der Waals surface area contributed by atoms with Gasteiger partial charge in [-0.15, -0.1) is 0 Å². The molecule has 9 heavy (non-hydrogen) atoms. The molecule has 0 spiro atoms. The van der Waals surface area contributed by atoms with E-state index in [2.05, 4.69) is 10.2 Å². The molecule has 0 aliphatic carbocycles. The summed E-state index contributed by atoms with van der Waals surface area (Å²) in [6, 6.07) is 1.00. The van der Waals surface area contributed by atoms with Crippen molar-refractivity contribution in [3.8, 4) is 0 Å². The summed E-state index contributed by atoms with van der Waals surface area (Å²) in [5.74, 6) is 0. The molecule has 3 heteroatoms. The Kier molecular flexibility index (Phi) is 6.35. The molecule has 0 aromatic carbocycles. The highest BCUT2D eigenvalue weighted by Crippen LogP contribution is 2.02. The third-order valence-corrected chi connectivity index (χ3v) is 1.50. The van der Waals surface area contributed by atoms with Crippen LogP contribution in [-0.2, 0) is 9.47 Å². The monoisotopic (exact) mass is 145 g/mol. The van der Waals surface area contributed by atoms with Gasteiger partial charge >= 0.3 is 0 Å². The van der Waals surface area contributed by atoms with Crippen molar-refractivity contribution in [3.05, 3.63) is 0 Å². The molecule has 0 aliphatic heterocycles. The van der Waals surface area contributed by atoms with Gasteiger partial charge in [0.1, 0.15) is 0 Å². The summed E-state index contributed by atoms with van der Waals surface area (Å²) in [6.07, 6.45) is 2.01. The molecule has 0 amide bonds. The van der Waals surface area contributed by atoms with Crippen molar-refractivity contribution in [2.75, 3.05) is 14.2 Å². The van der Waals surface area contributed by atoms with Crippen molar-refractivity contribution >= 4 is 10.2 Å². The minimum absolute atomic E-state index is 0.0265. The van der Waals surface area contributed by atoms with Gasteiger partial charge in [-0.05, 0) is 6.42 Å². The largest absolute Gasteiger partial charge is 0.356 e. The van der Waals surface area contributed by atoms with Crippen molar-refractivity contribution in [3.63, 3.8) is 0 Å². The van der Waals surface area contributed by atoms with Gasteiger partial charge in [0, 0.05) is 24.5 Å². The highest BCUT2D eigenvalue weighted by Gasteiger charge is 2.01. The molecule has 0 rings (SSSR count). The van der Waals surface area contributed by atoms with Gasteiger partial charge in [0.05, 0.1) is 0 Å². The van der Waals surface area contributed by atoms with Gasteiger partial charge < -0.3 is 9.47 Å². The molecule has 2 nitrogen and oxygen atoms in total. The first kappa shape index (κ1) is 9.14. The fourth-order valence-electron chi connectivity index (χ4n) is 0.601. The van der Waals surface area contributed by atoms with Crippen LogP contribution in [0.15, 0.2) is 0 Å². The molecule has 0 aromatic rings. The van der Waals surface area contributed by atoms with Crippen molar-refractivity contribution < 1.29 is 9.47 Å². The van der Waals surface area contributed by atoms with E-state index in [1.165, 1.54) is 0 Å². The summed E-state index contributed by atoms with van der Waals surface area (Å²) in [5, 5.41) is 0. The van der Waals surface area contributed by atoms with E-state index < -0.39 is 0 Å². The molecule has 53 valence electrons. The Morgan fingerprint density at radius 3 is 2.22 bits per heavy atom. The summed E-state index contributed by atoms with van der Waals surface area (Å²) in [5.41, 5.74) is 0. The van der Waals surface area contributed by atoms with E-state index in [4.69, 9.17) is 9.47 Å². The lowest BCUT2D eigenvalue weighted by molar-refractivity contribution is -0.106. The van der Waals surface area contributed by atoms with Crippen molar-refractivity contribution in [2.45, 2.75) is 25.2 Å². The zero-order valence-electron chi connectivity index (χ0n) is 6.02. The quantitative estimate of drug-likeness (QED) is 0.424. The van der Waals surface area contributed by atoms with Gasteiger partial charge in [-0.3, -0.25) is 0 Å². The SMILES string of the molecule is COC(CCC[Si])OC. The Balaban J connectivity index is 3.09. The first-order chi connectivity index (χ1) is 4.35. The summed E-state index contributed by atoms with van der Waals surface area (Å²) in [4.78, 5) is 0. The Hall–Kier alpha value is 0.137. The van der Waals surface area contributed by atoms with E-state index in [1.807, 2.05) is 0 Å². The molecule has 0 atom stereocenters. The molecule has 0 bridgehead atoms. The lowest BCUT2D eigenvalue weighted by Crippen LogP contribution is -2.12. The maximum absolute atomic E-state index is 4.96. The van der Waals surface area contributed by atoms with Crippen molar-refractivity contribution in [2.24, 2.45) is 0 Å². The molecule has 0 fully saturated rings. The Morgan fingerprint density at radius 1 is 1.33 bits per heavy atom. The standard InChI is InChI=1S/C6H13O2Si/c1-7-6(8-2)4-3-5-9/h6H,3-5H2,1-2H3. The Morgan fingerprint density at radius 2 is 1.89 bits per heavy atom. The topological polar surface area (TPSA) is 18.5 Å². The molecule has 0 heterocycles. The Labute approximate surface area is 60.0 Å². The van der Waals surface area contributed by atoms with Crippen molar-refractivity contribution in [1.29, 1.82) is 0 Å². The average Bonchev–Trinajstić information content (AvgIpc) is 1.91. The van der Waals surface area contributed by atoms with Crippen LogP contribution in [0.3, 0.4) is 0 Å². The van der Waals surface area contributed by atoms with Crippen LogP contribution in [0, 0.1) is 0 Å². The average molecular weight is 145 g/mol. The van der Waals surface area contributed by atoms with Crippen LogP contribution in [-0.4, -0.2) is 30.8 Å². The van der Waals surface area contributed by atoms with Crippen LogP contribution in [0.4, 0.5) is 0 Å². The fourth-order valence-corrected chi connectivity index (χ4v) is 0.805. The number of hydrogen-bond donors (Lipinski definition) is 0. The maximum Gasteiger partial charge on any atom is 0.156 e. The molecule has 0 aromatic heterocycles. The molecule has 0 saturated heterocycles. The van der Waals surface area contributed by atoms with Gasteiger partial charge in [0.15, 0.2) is 6.29 Å². The molecule has 0 saturated carbocycles. The van der Waals surface area contributed by atoms with Crippen LogP contribution in [0.5, 0.6) is 0 Å². The third kappa shape index (κ3) is 4.63. The van der Waals surface area contributed by atoms with Gasteiger partial charge in [-0.25, -0.2) is 0 Å². The molecular weight excluding hydrogens is 132 g/mol. The third-order valence-electron chi connectivity index (χ3n) is 1.14. The molecule has 0 unspecified atom stereocenters. The minimum atomic E-state index is -0.0265. The van der Waals surface area contributed by atoms with Crippen LogP contribution >= 0.6 is 0 Å². The fraction of sp³-hybridized carbons (Fsp3) is 1.00. The van der Waals surface area contributed by atoms with Gasteiger partial charge in [0.25, 0.3) is 0 Å². The van der Waals surface area contributed by atoms with E-state index in [0.29, 0.717) is 0 Å². The number of ether oxygens (including phenoxy) is 2. The minimum Gasteiger partial charge on any atom is -0.356 e. The predicted molar refractivity (Wildman–Crippen MR) is 37.6 cm³/mol. The highest BCUT2D eigenvalue weighted by molar-refractivity contribution is 6.08. The van der Waals surface area contributed by atoms with E-state index in [1.54, 1.807) is 14.2 Å². The zero-order valence-corrected chi connectivity index (χ0v) is 7.02. The lowest BCUT2D eigenvalue weighted by Gasteiger charge is -2.11. The van der Waals surface area contributed by atoms with Crippen LogP contribution in [0.2, 0.25) is 6.04 Å². The second-order valence-corrected chi connectivity index (χ2v) is 2.29. The number of hydrogen-bond acceptors (Lipinski definition) is 2. The van der Waals surface area contributed by atoms with Crippen LogP contribution in [0.1, 0.15) is 12.8 Å². The van der Waals surface area contributed by atoms with Gasteiger partial charge in [-0.2, -0.15) is 0 Å². The molecular formula is C6H13O2Si. The lowest BCUT2D eigenvalue weighted by atomic mass is 10.3. The number of rotatable bonds is 5. The molecule has 0 N–H and O–H groups in total. The van der Waals surface area contributed by atoms with Crippen LogP contribution in [0.25, 0.3) is 0 Å². The number of methoxy groups -OCH3 is 2. The summed E-state index contributed by atoms with van der Waals surface area (Å²) >= 11 is 0. The highest BCUT2D eigenvalue weighted by atomic mass is 28.1. The maximum atomic E-state index is 4.96. The first-order valence-corrected chi connectivity index (χ1v) is 3.76. The second-order valence-electron chi connectivity index (χ2n) is 1.79. The predicted octanol–water partition coefficient (Wildman–Crippen LogP) is 0.972. The van der Waals surface area contributed by atoms with Crippen LogP contribution < -0.4 is 0 Å². The second kappa shape index (κ2) is 6.26. The summed E-state index contributed by atoms with van der Waals surface area (Å²) < 4.78 is 9.92. The normalized spacial score (nSPS) is 10.7. The molecule has 3 radical (unpaired) electrons. The van der Waals surface area contributed by atoms with E-state index in [-0.39, 0.29) is 6.29 Å². The van der Waals surface area contributed by atoms with E-state index in [9.17, 15) is 0 Å². The van der Waals surface area contributed by atoms with Crippen molar-refractivity contribution in [1.82, 2.24) is 0 Å². The first-order valence-electron chi connectivity index (χ1n) is 3.05. The molecule has 0 aliphatic rings. The zero-order chi connectivity index (χ0) is 7.11. The summed E-state index contributed by atoms with van der Waals surface area (Å²) in [6.45, 7) is 0. The van der Waals surface area contributed by atoms with E-state index >= 15 is 0 Å². The van der Waals surface area contributed by atoms with Gasteiger partial charge in [-0.1, -0.05) is 12.5 Å². The van der Waals surface area contributed by atoms with Gasteiger partial charge in [0.2, 0.25) is 0 Å².